The maximum atomic E-state index is 11.9. The highest BCUT2D eigenvalue weighted by Crippen LogP contribution is 2.23. The summed E-state index contributed by atoms with van der Waals surface area (Å²) in [6.07, 6.45) is 0. The van der Waals surface area contributed by atoms with E-state index in [9.17, 15) is 14.7 Å². The van der Waals surface area contributed by atoms with Crippen LogP contribution in [0.1, 0.15) is 21.5 Å². The first-order chi connectivity index (χ1) is 10.9. The Hall–Kier alpha value is -2.53. The van der Waals surface area contributed by atoms with Gasteiger partial charge in [-0.1, -0.05) is 23.7 Å². The van der Waals surface area contributed by atoms with Gasteiger partial charge in [0, 0.05) is 0 Å². The smallest absolute Gasteiger partial charge is 0.342 e. The molecule has 23 heavy (non-hydrogen) atoms. The summed E-state index contributed by atoms with van der Waals surface area (Å²) in [6.45, 7) is 3.19. The number of anilines is 1. The SMILES string of the molecule is Cc1ccc(C(=O)OCC(=O)Nc2ccc(C)cc2Cl)c(O)c1. The largest absolute Gasteiger partial charge is 0.507 e. The molecule has 0 aliphatic rings. The summed E-state index contributed by atoms with van der Waals surface area (Å²) in [4.78, 5) is 23.7. The summed E-state index contributed by atoms with van der Waals surface area (Å²) in [5.74, 6) is -1.47. The number of aromatic hydroxyl groups is 1. The normalized spacial score (nSPS) is 10.2. The molecule has 5 nitrogen and oxygen atoms in total. The van der Waals surface area contributed by atoms with Gasteiger partial charge in [-0.25, -0.2) is 4.79 Å². The summed E-state index contributed by atoms with van der Waals surface area (Å²) >= 11 is 6.01. The molecule has 0 aliphatic heterocycles. The molecule has 0 spiro atoms. The van der Waals surface area contributed by atoms with E-state index < -0.39 is 18.5 Å². The van der Waals surface area contributed by atoms with Crippen LogP contribution in [0.2, 0.25) is 5.02 Å². The lowest BCUT2D eigenvalue weighted by atomic mass is 10.1. The second-order valence-electron chi connectivity index (χ2n) is 5.13. The Bertz CT molecular complexity index is 758. The van der Waals surface area contributed by atoms with Crippen molar-refractivity contribution in [2.75, 3.05) is 11.9 Å². The molecule has 120 valence electrons. The van der Waals surface area contributed by atoms with Crippen LogP contribution in [-0.2, 0) is 9.53 Å². The Morgan fingerprint density at radius 2 is 1.78 bits per heavy atom. The minimum atomic E-state index is -0.771. The fourth-order valence-corrected chi connectivity index (χ4v) is 2.21. The van der Waals surface area contributed by atoms with Crippen molar-refractivity contribution >= 4 is 29.2 Å². The molecule has 0 bridgehead atoms. The van der Waals surface area contributed by atoms with Crippen LogP contribution in [0.4, 0.5) is 5.69 Å². The third-order valence-corrected chi connectivity index (χ3v) is 3.42. The van der Waals surface area contributed by atoms with Gasteiger partial charge >= 0.3 is 5.97 Å². The third-order valence-electron chi connectivity index (χ3n) is 3.11. The van der Waals surface area contributed by atoms with Crippen molar-refractivity contribution in [3.63, 3.8) is 0 Å². The molecule has 0 saturated heterocycles. The van der Waals surface area contributed by atoms with Crippen molar-refractivity contribution < 1.29 is 19.4 Å². The summed E-state index contributed by atoms with van der Waals surface area (Å²) in [5.41, 5.74) is 2.23. The number of esters is 1. The van der Waals surface area contributed by atoms with Gasteiger partial charge in [0.1, 0.15) is 11.3 Å². The van der Waals surface area contributed by atoms with Crippen molar-refractivity contribution in [2.24, 2.45) is 0 Å². The number of carbonyl (C=O) groups is 2. The standard InChI is InChI=1S/C17H16ClNO4/c1-10-4-6-14(13(18)7-10)19-16(21)9-23-17(22)12-5-3-11(2)8-15(12)20/h3-8,20H,9H2,1-2H3,(H,19,21). The van der Waals surface area contributed by atoms with E-state index in [1.54, 1.807) is 31.2 Å². The zero-order valence-electron chi connectivity index (χ0n) is 12.7. The number of carbonyl (C=O) groups excluding carboxylic acids is 2. The predicted molar refractivity (Wildman–Crippen MR) is 87.9 cm³/mol. The maximum Gasteiger partial charge on any atom is 0.342 e. The molecule has 2 aromatic carbocycles. The minimum absolute atomic E-state index is 0.0109. The van der Waals surface area contributed by atoms with Crippen molar-refractivity contribution in [3.8, 4) is 5.75 Å². The molecular formula is C17H16ClNO4. The molecule has 0 aromatic heterocycles. The van der Waals surface area contributed by atoms with Crippen molar-refractivity contribution in [1.29, 1.82) is 0 Å². The first-order valence-electron chi connectivity index (χ1n) is 6.89. The second-order valence-corrected chi connectivity index (χ2v) is 5.54. The van der Waals surface area contributed by atoms with Gasteiger partial charge in [-0.05, 0) is 49.2 Å². The second kappa shape index (κ2) is 7.15. The molecule has 0 saturated carbocycles. The minimum Gasteiger partial charge on any atom is -0.507 e. The van der Waals surface area contributed by atoms with E-state index >= 15 is 0 Å². The number of nitrogens with one attached hydrogen (secondary N) is 1. The molecule has 0 radical (unpaired) electrons. The molecule has 2 rings (SSSR count). The van der Waals surface area contributed by atoms with E-state index in [0.717, 1.165) is 11.1 Å². The molecule has 6 heteroatoms. The van der Waals surface area contributed by atoms with E-state index in [1.807, 2.05) is 6.92 Å². The molecule has 0 heterocycles. The van der Waals surface area contributed by atoms with E-state index in [-0.39, 0.29) is 11.3 Å². The molecule has 2 N–H and O–H groups in total. The lowest BCUT2D eigenvalue weighted by molar-refractivity contribution is -0.119. The van der Waals surface area contributed by atoms with Gasteiger partial charge in [0.15, 0.2) is 6.61 Å². The van der Waals surface area contributed by atoms with E-state index in [2.05, 4.69) is 5.32 Å². The molecule has 0 unspecified atom stereocenters. The van der Waals surface area contributed by atoms with Crippen LogP contribution in [-0.4, -0.2) is 23.6 Å². The summed E-state index contributed by atoms with van der Waals surface area (Å²) in [6, 6.07) is 9.75. The number of ether oxygens (including phenoxy) is 1. The molecule has 2 aromatic rings. The van der Waals surface area contributed by atoms with Gasteiger partial charge in [0.05, 0.1) is 10.7 Å². The Labute approximate surface area is 138 Å². The quantitative estimate of drug-likeness (QED) is 0.840. The van der Waals surface area contributed by atoms with Crippen LogP contribution in [0.3, 0.4) is 0 Å². The van der Waals surface area contributed by atoms with Gasteiger partial charge in [-0.2, -0.15) is 0 Å². The lowest BCUT2D eigenvalue weighted by Crippen LogP contribution is -2.21. The highest BCUT2D eigenvalue weighted by molar-refractivity contribution is 6.33. The Morgan fingerprint density at radius 1 is 1.13 bits per heavy atom. The van der Waals surface area contributed by atoms with Gasteiger partial charge in [-0.3, -0.25) is 4.79 Å². The number of aryl methyl sites for hydroxylation is 2. The number of benzene rings is 2. The van der Waals surface area contributed by atoms with Gasteiger partial charge in [0.25, 0.3) is 5.91 Å². The molecule has 0 atom stereocenters. The van der Waals surface area contributed by atoms with E-state index in [1.165, 1.54) is 12.1 Å². The molecule has 0 fully saturated rings. The van der Waals surface area contributed by atoms with Crippen LogP contribution in [0.25, 0.3) is 0 Å². The number of amides is 1. The topological polar surface area (TPSA) is 75.6 Å². The Morgan fingerprint density at radius 3 is 2.43 bits per heavy atom. The van der Waals surface area contributed by atoms with Crippen molar-refractivity contribution in [3.05, 3.63) is 58.1 Å². The number of halogens is 1. The van der Waals surface area contributed by atoms with Crippen LogP contribution in [0.15, 0.2) is 36.4 Å². The third kappa shape index (κ3) is 4.47. The van der Waals surface area contributed by atoms with Gasteiger partial charge in [-0.15, -0.1) is 0 Å². The highest BCUT2D eigenvalue weighted by Gasteiger charge is 2.15. The number of phenols is 1. The van der Waals surface area contributed by atoms with E-state index in [4.69, 9.17) is 16.3 Å². The highest BCUT2D eigenvalue weighted by atomic mass is 35.5. The van der Waals surface area contributed by atoms with Crippen molar-refractivity contribution in [1.82, 2.24) is 0 Å². The van der Waals surface area contributed by atoms with Gasteiger partial charge in [0.2, 0.25) is 0 Å². The van der Waals surface area contributed by atoms with Gasteiger partial charge < -0.3 is 15.2 Å². The number of rotatable bonds is 4. The molecule has 1 amide bonds. The van der Waals surface area contributed by atoms with Crippen LogP contribution < -0.4 is 5.32 Å². The zero-order valence-corrected chi connectivity index (χ0v) is 13.5. The zero-order chi connectivity index (χ0) is 17.0. The first kappa shape index (κ1) is 16.8. The average Bonchev–Trinajstić information content (AvgIpc) is 2.48. The summed E-state index contributed by atoms with van der Waals surface area (Å²) < 4.78 is 4.89. The van der Waals surface area contributed by atoms with Crippen LogP contribution in [0.5, 0.6) is 5.75 Å². The molecular weight excluding hydrogens is 318 g/mol. The number of hydrogen-bond acceptors (Lipinski definition) is 4. The monoisotopic (exact) mass is 333 g/mol. The van der Waals surface area contributed by atoms with Crippen LogP contribution >= 0.6 is 11.6 Å². The van der Waals surface area contributed by atoms with E-state index in [0.29, 0.717) is 10.7 Å². The molecule has 0 aliphatic carbocycles. The first-order valence-corrected chi connectivity index (χ1v) is 7.27. The predicted octanol–water partition coefficient (Wildman–Crippen LogP) is 3.46. The van der Waals surface area contributed by atoms with Crippen LogP contribution in [0, 0.1) is 13.8 Å². The lowest BCUT2D eigenvalue weighted by Gasteiger charge is -2.09. The number of phenolic OH excluding ortho intramolecular Hbond substituents is 1. The van der Waals surface area contributed by atoms with Crippen molar-refractivity contribution in [2.45, 2.75) is 13.8 Å². The fraction of sp³-hybridized carbons (Fsp3) is 0.176. The summed E-state index contributed by atoms with van der Waals surface area (Å²) in [5, 5.41) is 12.7. The average molecular weight is 334 g/mol. The Kier molecular flexibility index (Phi) is 5.24. The number of hydrogen-bond donors (Lipinski definition) is 2. The Balaban J connectivity index is 1.94. The fourth-order valence-electron chi connectivity index (χ4n) is 1.93. The summed E-state index contributed by atoms with van der Waals surface area (Å²) in [7, 11) is 0. The maximum absolute atomic E-state index is 11.9.